The second kappa shape index (κ2) is 5.37. The van der Waals surface area contributed by atoms with Crippen molar-refractivity contribution in [3.8, 4) is 11.6 Å². The highest BCUT2D eigenvalue weighted by Crippen LogP contribution is 2.36. The summed E-state index contributed by atoms with van der Waals surface area (Å²) in [6, 6.07) is 4.04. The first-order valence-corrected chi connectivity index (χ1v) is 6.04. The van der Waals surface area contributed by atoms with Gasteiger partial charge in [-0.3, -0.25) is 10.1 Å². The van der Waals surface area contributed by atoms with Crippen molar-refractivity contribution in [2.45, 2.75) is 0 Å². The van der Waals surface area contributed by atoms with E-state index in [0.29, 0.717) is 4.47 Å². The fraction of sp³-hybridized carbons (Fsp3) is 0. The molecule has 0 unspecified atom stereocenters. The predicted octanol–water partition coefficient (Wildman–Crippen LogP) is 3.18. The summed E-state index contributed by atoms with van der Waals surface area (Å²) in [6.45, 7) is 0. The Morgan fingerprint density at radius 1 is 1.42 bits per heavy atom. The number of halogens is 2. The molecule has 0 fully saturated rings. The van der Waals surface area contributed by atoms with Gasteiger partial charge in [0.25, 0.3) is 0 Å². The Bertz CT molecular complexity index is 653. The molecular weight excluding hydrogens is 339 g/mol. The van der Waals surface area contributed by atoms with Gasteiger partial charge in [-0.15, -0.1) is 0 Å². The van der Waals surface area contributed by atoms with Gasteiger partial charge in [0.1, 0.15) is 16.6 Å². The van der Waals surface area contributed by atoms with Gasteiger partial charge < -0.3 is 10.5 Å². The highest BCUT2D eigenvalue weighted by atomic mass is 79.9. The molecule has 1 aromatic carbocycles. The van der Waals surface area contributed by atoms with Gasteiger partial charge in [-0.05, 0) is 28.1 Å². The highest BCUT2D eigenvalue weighted by Gasteiger charge is 2.18. The van der Waals surface area contributed by atoms with Gasteiger partial charge in [0.05, 0.1) is 4.92 Å². The van der Waals surface area contributed by atoms with Crippen LogP contribution in [0.1, 0.15) is 0 Å². The fourth-order valence-electron chi connectivity index (χ4n) is 1.26. The topological polar surface area (TPSA) is 104 Å². The van der Waals surface area contributed by atoms with Gasteiger partial charge in [-0.25, -0.2) is 9.97 Å². The normalized spacial score (nSPS) is 10.2. The third-order valence-corrected chi connectivity index (χ3v) is 3.09. The maximum atomic E-state index is 10.9. The van der Waals surface area contributed by atoms with Gasteiger partial charge in [0.2, 0.25) is 11.6 Å². The zero-order valence-corrected chi connectivity index (χ0v) is 11.6. The van der Waals surface area contributed by atoms with E-state index in [2.05, 4.69) is 25.9 Å². The van der Waals surface area contributed by atoms with E-state index in [9.17, 15) is 10.1 Å². The van der Waals surface area contributed by atoms with Gasteiger partial charge in [-0.2, -0.15) is 0 Å². The lowest BCUT2D eigenvalue weighted by Crippen LogP contribution is -1.98. The van der Waals surface area contributed by atoms with Crippen molar-refractivity contribution >= 4 is 39.0 Å². The molecule has 1 heterocycles. The molecule has 2 aromatic rings. The number of nitrogen functional groups attached to an aromatic ring is 1. The van der Waals surface area contributed by atoms with Crippen LogP contribution in [-0.2, 0) is 0 Å². The zero-order chi connectivity index (χ0) is 14.0. The lowest BCUT2D eigenvalue weighted by Gasteiger charge is -2.07. The van der Waals surface area contributed by atoms with Crippen LogP contribution in [0.4, 0.5) is 11.5 Å². The van der Waals surface area contributed by atoms with Gasteiger partial charge >= 0.3 is 5.69 Å². The molecule has 0 radical (unpaired) electrons. The van der Waals surface area contributed by atoms with Gasteiger partial charge in [0, 0.05) is 11.1 Å². The Morgan fingerprint density at radius 3 is 2.84 bits per heavy atom. The van der Waals surface area contributed by atoms with Crippen molar-refractivity contribution in [2.24, 2.45) is 0 Å². The minimum absolute atomic E-state index is 0.00759. The third-order valence-electron chi connectivity index (χ3n) is 2.11. The maximum absolute atomic E-state index is 10.9. The van der Waals surface area contributed by atoms with Crippen molar-refractivity contribution in [1.29, 1.82) is 0 Å². The number of benzene rings is 1. The minimum atomic E-state index is -0.598. The summed E-state index contributed by atoms with van der Waals surface area (Å²) in [5.41, 5.74) is 5.30. The van der Waals surface area contributed by atoms with Crippen LogP contribution in [0.3, 0.4) is 0 Å². The number of rotatable bonds is 3. The summed E-state index contributed by atoms with van der Waals surface area (Å²) >= 11 is 8.85. The average Bonchev–Trinajstić information content (AvgIpc) is 2.36. The standard InChI is InChI=1S/C10H6BrClN4O3/c11-8-9(13)14-4-15-10(8)19-7-2-1-5(12)3-6(7)16(17)18/h1-4H,(H2,13,14,15). The summed E-state index contributed by atoms with van der Waals surface area (Å²) < 4.78 is 5.68. The van der Waals surface area contributed by atoms with Crippen molar-refractivity contribution in [3.05, 3.63) is 44.1 Å². The lowest BCUT2D eigenvalue weighted by atomic mass is 10.3. The number of nitro benzene ring substituents is 1. The Hall–Kier alpha value is -1.93. The van der Waals surface area contributed by atoms with E-state index in [-0.39, 0.29) is 28.2 Å². The minimum Gasteiger partial charge on any atom is -0.430 e. The number of anilines is 1. The van der Waals surface area contributed by atoms with Crippen LogP contribution >= 0.6 is 27.5 Å². The van der Waals surface area contributed by atoms with Crippen LogP contribution in [0.25, 0.3) is 0 Å². The van der Waals surface area contributed by atoms with Crippen molar-refractivity contribution < 1.29 is 9.66 Å². The maximum Gasteiger partial charge on any atom is 0.313 e. The van der Waals surface area contributed by atoms with E-state index in [4.69, 9.17) is 22.1 Å². The van der Waals surface area contributed by atoms with Crippen LogP contribution in [0, 0.1) is 10.1 Å². The second-order valence-electron chi connectivity index (χ2n) is 3.35. The molecule has 0 amide bonds. The quantitative estimate of drug-likeness (QED) is 0.676. The number of ether oxygens (including phenoxy) is 1. The number of nitrogens with two attached hydrogens (primary N) is 1. The smallest absolute Gasteiger partial charge is 0.313 e. The van der Waals surface area contributed by atoms with Crippen LogP contribution < -0.4 is 10.5 Å². The molecule has 0 aliphatic carbocycles. The molecule has 2 rings (SSSR count). The Morgan fingerprint density at radius 2 is 2.16 bits per heavy atom. The summed E-state index contributed by atoms with van der Waals surface area (Å²) in [6.07, 6.45) is 1.19. The van der Waals surface area contributed by atoms with Crippen LogP contribution in [0.2, 0.25) is 5.02 Å². The summed E-state index contributed by atoms with van der Waals surface area (Å²) in [4.78, 5) is 17.9. The zero-order valence-electron chi connectivity index (χ0n) is 9.21. The molecule has 0 atom stereocenters. The first-order chi connectivity index (χ1) is 8.99. The van der Waals surface area contributed by atoms with E-state index in [1.165, 1.54) is 24.5 Å². The first kappa shape index (κ1) is 13.5. The molecule has 0 spiro atoms. The number of hydrogen-bond donors (Lipinski definition) is 1. The third kappa shape index (κ3) is 2.91. The summed E-state index contributed by atoms with van der Waals surface area (Å²) in [7, 11) is 0. The van der Waals surface area contributed by atoms with E-state index >= 15 is 0 Å². The van der Waals surface area contributed by atoms with E-state index in [0.717, 1.165) is 0 Å². The van der Waals surface area contributed by atoms with Crippen molar-refractivity contribution in [3.63, 3.8) is 0 Å². The molecule has 2 N–H and O–H groups in total. The van der Waals surface area contributed by atoms with E-state index in [1.54, 1.807) is 0 Å². The fourth-order valence-corrected chi connectivity index (χ4v) is 1.71. The molecule has 0 bridgehead atoms. The molecule has 0 saturated heterocycles. The van der Waals surface area contributed by atoms with Crippen molar-refractivity contribution in [1.82, 2.24) is 9.97 Å². The van der Waals surface area contributed by atoms with Gasteiger partial charge in [0.15, 0.2) is 0 Å². The van der Waals surface area contributed by atoms with E-state index in [1.807, 2.05) is 0 Å². The monoisotopic (exact) mass is 344 g/mol. The molecule has 1 aromatic heterocycles. The SMILES string of the molecule is Nc1ncnc(Oc2ccc(Cl)cc2[N+](=O)[O-])c1Br. The van der Waals surface area contributed by atoms with E-state index < -0.39 is 4.92 Å². The Labute approximate surface area is 120 Å². The number of nitrogens with zero attached hydrogens (tertiary/aromatic N) is 3. The highest BCUT2D eigenvalue weighted by molar-refractivity contribution is 9.10. The molecule has 9 heteroatoms. The van der Waals surface area contributed by atoms with Crippen LogP contribution in [-0.4, -0.2) is 14.9 Å². The molecule has 98 valence electrons. The largest absolute Gasteiger partial charge is 0.430 e. The Balaban J connectivity index is 2.44. The first-order valence-electron chi connectivity index (χ1n) is 4.87. The van der Waals surface area contributed by atoms with Gasteiger partial charge in [-0.1, -0.05) is 11.6 Å². The number of nitro groups is 1. The molecule has 19 heavy (non-hydrogen) atoms. The van der Waals surface area contributed by atoms with Crippen molar-refractivity contribution in [2.75, 3.05) is 5.73 Å². The number of aromatic nitrogens is 2. The summed E-state index contributed by atoms with van der Waals surface area (Å²) in [5.74, 6) is 0.257. The molecule has 0 aliphatic heterocycles. The lowest BCUT2D eigenvalue weighted by molar-refractivity contribution is -0.385. The van der Waals surface area contributed by atoms with Crippen LogP contribution in [0.15, 0.2) is 29.0 Å². The Kier molecular flexibility index (Phi) is 3.82. The van der Waals surface area contributed by atoms with Crippen LogP contribution in [0.5, 0.6) is 11.6 Å². The average molecular weight is 346 g/mol. The second-order valence-corrected chi connectivity index (χ2v) is 4.58. The summed E-state index contributed by atoms with van der Waals surface area (Å²) in [5, 5.41) is 11.2. The molecule has 0 saturated carbocycles. The molecular formula is C10H6BrClN4O3. The predicted molar refractivity (Wildman–Crippen MR) is 72.3 cm³/mol. The molecule has 7 nitrogen and oxygen atoms in total. The molecule has 0 aliphatic rings. The number of hydrogen-bond acceptors (Lipinski definition) is 6.